The van der Waals surface area contributed by atoms with E-state index in [4.69, 9.17) is 22.8 Å². The average Bonchev–Trinajstić information content (AvgIpc) is 2.05. The molecule has 0 aromatic carbocycles. The Hall–Kier alpha value is 0.520. The van der Waals surface area contributed by atoms with Crippen LogP contribution in [0.1, 0.15) is 12.8 Å². The smallest absolute Gasteiger partial charge is 0.120 e. The Kier molecular flexibility index (Phi) is 3.46. The van der Waals surface area contributed by atoms with Crippen LogP contribution in [0, 0.1) is 12.3 Å². The zero-order chi connectivity index (χ0) is 8.32. The molecule has 0 N–H and O–H groups in total. The molecule has 1 aliphatic rings. The van der Waals surface area contributed by atoms with Crippen LogP contribution in [0.15, 0.2) is 0 Å². The monoisotopic (exact) mass is 206 g/mol. The lowest BCUT2D eigenvalue weighted by Gasteiger charge is -2.27. The molecule has 0 saturated carbocycles. The number of hydrogen-bond donors (Lipinski definition) is 0. The van der Waals surface area contributed by atoms with E-state index in [9.17, 15) is 0 Å². The van der Waals surface area contributed by atoms with Crippen LogP contribution in [0.5, 0.6) is 0 Å². The molecule has 0 aromatic rings. The quantitative estimate of drug-likeness (QED) is 0.482. The second-order valence-corrected chi connectivity index (χ2v) is 10.1. The van der Waals surface area contributed by atoms with Gasteiger partial charge in [0.1, 0.15) is 5.47 Å². The molecule has 0 radical (unpaired) electrons. The van der Waals surface area contributed by atoms with Crippen LogP contribution in [0.4, 0.5) is 0 Å². The summed E-state index contributed by atoms with van der Waals surface area (Å²) in [5.74, 6) is 2.74. The minimum atomic E-state index is -1.56. The maximum absolute atomic E-state index is 5.35. The third-order valence-corrected chi connectivity index (χ3v) is 8.51. The zero-order valence-corrected chi connectivity index (χ0v) is 8.98. The fraction of sp³-hybridized carbons (Fsp3) is 0.714. The van der Waals surface area contributed by atoms with Crippen LogP contribution < -0.4 is 0 Å². The molecule has 1 nitrogen and oxygen atoms in total. The first-order valence-corrected chi connectivity index (χ1v) is 7.88. The predicted octanol–water partition coefficient (Wildman–Crippen LogP) is 2.47. The summed E-state index contributed by atoms with van der Waals surface area (Å²) in [7, 11) is 1.70. The Morgan fingerprint density at radius 3 is 3.09 bits per heavy atom. The Morgan fingerprint density at radius 1 is 1.82 bits per heavy atom. The van der Waals surface area contributed by atoms with Crippen molar-refractivity contribution >= 4 is 28.7 Å². The molecule has 1 heterocycles. The topological polar surface area (TPSA) is 9.23 Å². The van der Waals surface area contributed by atoms with Crippen LogP contribution in [0.3, 0.4) is 0 Å². The molecule has 4 heteroatoms. The van der Waals surface area contributed by atoms with Crippen molar-refractivity contribution in [2.45, 2.75) is 18.1 Å². The van der Waals surface area contributed by atoms with Crippen LogP contribution in [-0.2, 0) is 16.3 Å². The van der Waals surface area contributed by atoms with Crippen molar-refractivity contribution in [3.8, 4) is 12.3 Å². The SMILES string of the molecule is C#CC1CCCP(=S)(OC)S1. The van der Waals surface area contributed by atoms with Crippen molar-refractivity contribution in [2.75, 3.05) is 13.3 Å². The van der Waals surface area contributed by atoms with Crippen molar-refractivity contribution in [1.29, 1.82) is 0 Å². The number of terminal acetylenes is 1. The van der Waals surface area contributed by atoms with E-state index in [2.05, 4.69) is 5.92 Å². The van der Waals surface area contributed by atoms with Crippen LogP contribution >= 0.6 is 16.8 Å². The lowest BCUT2D eigenvalue weighted by atomic mass is 10.2. The predicted molar refractivity (Wildman–Crippen MR) is 55.6 cm³/mol. The summed E-state index contributed by atoms with van der Waals surface area (Å²) in [5, 5.41) is 0.300. The van der Waals surface area contributed by atoms with Crippen molar-refractivity contribution in [3.63, 3.8) is 0 Å². The van der Waals surface area contributed by atoms with Crippen LogP contribution in [-0.4, -0.2) is 18.5 Å². The summed E-state index contributed by atoms with van der Waals surface area (Å²) in [4.78, 5) is 0. The van der Waals surface area contributed by atoms with E-state index in [-0.39, 0.29) is 0 Å². The van der Waals surface area contributed by atoms with Crippen molar-refractivity contribution in [2.24, 2.45) is 0 Å². The normalized spacial score (nSPS) is 38.0. The Morgan fingerprint density at radius 2 is 2.55 bits per heavy atom. The summed E-state index contributed by atoms with van der Waals surface area (Å²) in [6.07, 6.45) is 8.60. The van der Waals surface area contributed by atoms with Gasteiger partial charge in [-0.3, -0.25) is 0 Å². The van der Waals surface area contributed by atoms with E-state index in [0.717, 1.165) is 19.0 Å². The van der Waals surface area contributed by atoms with Gasteiger partial charge in [0.25, 0.3) is 0 Å². The van der Waals surface area contributed by atoms with E-state index in [0.29, 0.717) is 5.25 Å². The van der Waals surface area contributed by atoms with Gasteiger partial charge in [0.05, 0.1) is 5.25 Å². The first kappa shape index (κ1) is 9.61. The van der Waals surface area contributed by atoms with Gasteiger partial charge in [-0.15, -0.1) is 6.42 Å². The minimum absolute atomic E-state index is 0.300. The second-order valence-electron chi connectivity index (χ2n) is 2.42. The van der Waals surface area contributed by atoms with E-state index in [1.54, 1.807) is 18.5 Å². The van der Waals surface area contributed by atoms with Crippen LogP contribution in [0.25, 0.3) is 0 Å². The summed E-state index contributed by atoms with van der Waals surface area (Å²) in [5.41, 5.74) is -1.56. The van der Waals surface area contributed by atoms with Crippen molar-refractivity contribution in [3.05, 3.63) is 0 Å². The molecule has 1 aliphatic heterocycles. The van der Waals surface area contributed by atoms with Gasteiger partial charge in [0.2, 0.25) is 0 Å². The molecule has 11 heavy (non-hydrogen) atoms. The molecule has 0 aliphatic carbocycles. The van der Waals surface area contributed by atoms with E-state index in [1.807, 2.05) is 0 Å². The van der Waals surface area contributed by atoms with Gasteiger partial charge in [-0.05, 0) is 12.8 Å². The van der Waals surface area contributed by atoms with E-state index >= 15 is 0 Å². The molecule has 1 fully saturated rings. The summed E-state index contributed by atoms with van der Waals surface area (Å²) >= 11 is 7.06. The highest BCUT2D eigenvalue weighted by Crippen LogP contribution is 2.64. The second kappa shape index (κ2) is 3.96. The molecule has 62 valence electrons. The average molecular weight is 206 g/mol. The largest absolute Gasteiger partial charge is 0.345 e. The summed E-state index contributed by atoms with van der Waals surface area (Å²) < 4.78 is 5.30. The fourth-order valence-electron chi connectivity index (χ4n) is 1.02. The first-order valence-electron chi connectivity index (χ1n) is 3.49. The lowest BCUT2D eigenvalue weighted by molar-refractivity contribution is 0.467. The van der Waals surface area contributed by atoms with Gasteiger partial charge in [0.15, 0.2) is 0 Å². The molecule has 0 amide bonds. The number of rotatable bonds is 1. The maximum atomic E-state index is 5.35. The van der Waals surface area contributed by atoms with E-state index < -0.39 is 5.47 Å². The third-order valence-electron chi connectivity index (χ3n) is 1.65. The van der Waals surface area contributed by atoms with Gasteiger partial charge in [-0.1, -0.05) is 29.1 Å². The Labute approximate surface area is 77.1 Å². The lowest BCUT2D eigenvalue weighted by Crippen LogP contribution is -2.07. The van der Waals surface area contributed by atoms with Gasteiger partial charge in [0, 0.05) is 13.3 Å². The van der Waals surface area contributed by atoms with Crippen LogP contribution in [0.2, 0.25) is 0 Å². The summed E-state index contributed by atoms with van der Waals surface area (Å²) in [6, 6.07) is 0. The molecule has 0 aromatic heterocycles. The molecule has 0 bridgehead atoms. The van der Waals surface area contributed by atoms with Gasteiger partial charge in [-0.2, -0.15) is 0 Å². The highest BCUT2D eigenvalue weighted by Gasteiger charge is 2.26. The molecule has 0 spiro atoms. The first-order chi connectivity index (χ1) is 5.20. The maximum Gasteiger partial charge on any atom is 0.120 e. The third kappa shape index (κ3) is 2.49. The van der Waals surface area contributed by atoms with E-state index in [1.165, 1.54) is 0 Å². The Bertz CT molecular complexity index is 221. The van der Waals surface area contributed by atoms with Gasteiger partial charge < -0.3 is 4.52 Å². The Balaban J connectivity index is 2.61. The van der Waals surface area contributed by atoms with Gasteiger partial charge >= 0.3 is 0 Å². The number of hydrogen-bond acceptors (Lipinski definition) is 3. The fourth-order valence-corrected chi connectivity index (χ4v) is 6.63. The van der Waals surface area contributed by atoms with Crippen molar-refractivity contribution < 1.29 is 4.52 Å². The molecular formula is C7H11OPS2. The summed E-state index contributed by atoms with van der Waals surface area (Å²) in [6.45, 7) is 0. The molecule has 2 unspecified atom stereocenters. The van der Waals surface area contributed by atoms with Gasteiger partial charge in [-0.25, -0.2) is 0 Å². The zero-order valence-electron chi connectivity index (χ0n) is 6.45. The molecule has 1 saturated heterocycles. The molecule has 2 atom stereocenters. The highest BCUT2D eigenvalue weighted by atomic mass is 32.9. The molecular weight excluding hydrogens is 195 g/mol. The highest BCUT2D eigenvalue weighted by molar-refractivity contribution is 8.69. The van der Waals surface area contributed by atoms with Crippen molar-refractivity contribution in [1.82, 2.24) is 0 Å². The standard InChI is InChI=1S/C7H11OPS2/c1-3-7-5-4-6-9(10,8-2)11-7/h1,7H,4-6H2,2H3. The molecule has 1 rings (SSSR count). The minimum Gasteiger partial charge on any atom is -0.345 e.